The predicted molar refractivity (Wildman–Crippen MR) is 58.9 cm³/mol. The minimum Gasteiger partial charge on any atom is -0.382 e. The lowest BCUT2D eigenvalue weighted by Crippen LogP contribution is -2.35. The van der Waals surface area contributed by atoms with Gasteiger partial charge in [-0.15, -0.1) is 0 Å². The summed E-state index contributed by atoms with van der Waals surface area (Å²) < 4.78 is 13.1. The standard InChI is InChI=1S/C13H15FO2/c1-9-8-10(4-5-11(9)14)12(15)13(16)6-2-3-7-13/h4-5,8,16H,2-3,6-7H2,1H3. The van der Waals surface area contributed by atoms with Gasteiger partial charge in [0.25, 0.3) is 0 Å². The van der Waals surface area contributed by atoms with Gasteiger partial charge >= 0.3 is 0 Å². The van der Waals surface area contributed by atoms with Crippen LogP contribution < -0.4 is 0 Å². The van der Waals surface area contributed by atoms with Crippen molar-refractivity contribution in [3.05, 3.63) is 35.1 Å². The van der Waals surface area contributed by atoms with Crippen molar-refractivity contribution in [2.45, 2.75) is 38.2 Å². The molecule has 0 radical (unpaired) electrons. The van der Waals surface area contributed by atoms with E-state index in [0.717, 1.165) is 12.8 Å². The molecule has 0 saturated heterocycles. The summed E-state index contributed by atoms with van der Waals surface area (Å²) in [6.07, 6.45) is 2.79. The molecule has 0 aliphatic heterocycles. The Morgan fingerprint density at radius 1 is 1.38 bits per heavy atom. The molecule has 0 unspecified atom stereocenters. The molecule has 0 spiro atoms. The van der Waals surface area contributed by atoms with Crippen LogP contribution in [-0.2, 0) is 0 Å². The van der Waals surface area contributed by atoms with Crippen molar-refractivity contribution in [1.82, 2.24) is 0 Å². The van der Waals surface area contributed by atoms with Gasteiger partial charge in [0.15, 0.2) is 5.78 Å². The monoisotopic (exact) mass is 222 g/mol. The zero-order chi connectivity index (χ0) is 11.8. The average molecular weight is 222 g/mol. The van der Waals surface area contributed by atoms with Gasteiger partial charge in [0.2, 0.25) is 0 Å². The normalized spacial score (nSPS) is 18.7. The zero-order valence-corrected chi connectivity index (χ0v) is 9.29. The second-order valence-electron chi connectivity index (χ2n) is 4.53. The summed E-state index contributed by atoms with van der Waals surface area (Å²) >= 11 is 0. The molecule has 1 N–H and O–H groups in total. The minimum absolute atomic E-state index is 0.270. The van der Waals surface area contributed by atoms with E-state index < -0.39 is 5.60 Å². The van der Waals surface area contributed by atoms with E-state index in [-0.39, 0.29) is 11.6 Å². The number of Topliss-reactive ketones (excluding diaryl/α,β-unsaturated/α-hetero) is 1. The highest BCUT2D eigenvalue weighted by molar-refractivity contribution is 6.02. The average Bonchev–Trinajstić information content (AvgIpc) is 2.70. The lowest BCUT2D eigenvalue weighted by molar-refractivity contribution is 0.0353. The van der Waals surface area contributed by atoms with Crippen molar-refractivity contribution in [2.24, 2.45) is 0 Å². The van der Waals surface area contributed by atoms with Crippen molar-refractivity contribution >= 4 is 5.78 Å². The van der Waals surface area contributed by atoms with E-state index in [0.29, 0.717) is 24.0 Å². The Morgan fingerprint density at radius 3 is 2.56 bits per heavy atom. The third kappa shape index (κ3) is 1.87. The van der Waals surface area contributed by atoms with Gasteiger partial charge in [0, 0.05) is 5.56 Å². The lowest BCUT2D eigenvalue weighted by atomic mass is 9.91. The molecule has 1 aliphatic rings. The van der Waals surface area contributed by atoms with Crippen molar-refractivity contribution in [1.29, 1.82) is 0 Å². The number of benzene rings is 1. The number of rotatable bonds is 2. The maximum Gasteiger partial charge on any atom is 0.194 e. The van der Waals surface area contributed by atoms with E-state index in [1.165, 1.54) is 18.2 Å². The maximum atomic E-state index is 13.1. The molecule has 0 amide bonds. The lowest BCUT2D eigenvalue weighted by Gasteiger charge is -2.20. The minimum atomic E-state index is -1.22. The first kappa shape index (κ1) is 11.3. The van der Waals surface area contributed by atoms with Crippen LogP contribution in [0.3, 0.4) is 0 Å². The Kier molecular flexibility index (Phi) is 2.80. The summed E-state index contributed by atoms with van der Waals surface area (Å²) in [6, 6.07) is 4.23. The molecule has 1 saturated carbocycles. The summed E-state index contributed by atoms with van der Waals surface area (Å²) in [5.41, 5.74) is -0.375. The molecule has 2 rings (SSSR count). The van der Waals surface area contributed by atoms with Crippen molar-refractivity contribution in [2.75, 3.05) is 0 Å². The van der Waals surface area contributed by atoms with Crippen molar-refractivity contribution in [3.63, 3.8) is 0 Å². The fraction of sp³-hybridized carbons (Fsp3) is 0.462. The first-order valence-corrected chi connectivity index (χ1v) is 5.56. The van der Waals surface area contributed by atoms with Gasteiger partial charge in [-0.1, -0.05) is 0 Å². The predicted octanol–water partition coefficient (Wildman–Crippen LogP) is 2.62. The quantitative estimate of drug-likeness (QED) is 0.781. The number of hydrogen-bond acceptors (Lipinski definition) is 2. The van der Waals surface area contributed by atoms with E-state index in [1.807, 2.05) is 0 Å². The molecule has 1 fully saturated rings. The highest BCUT2D eigenvalue weighted by atomic mass is 19.1. The summed E-state index contributed by atoms with van der Waals surface area (Å²) in [6.45, 7) is 1.62. The Morgan fingerprint density at radius 2 is 2.00 bits per heavy atom. The van der Waals surface area contributed by atoms with Gasteiger partial charge in [0.1, 0.15) is 11.4 Å². The molecular formula is C13H15FO2. The number of halogens is 1. The highest BCUT2D eigenvalue weighted by Crippen LogP contribution is 2.32. The fourth-order valence-electron chi connectivity index (χ4n) is 2.24. The van der Waals surface area contributed by atoms with E-state index in [1.54, 1.807) is 6.92 Å². The fourth-order valence-corrected chi connectivity index (χ4v) is 2.24. The third-order valence-corrected chi connectivity index (χ3v) is 3.27. The van der Waals surface area contributed by atoms with Crippen LogP contribution >= 0.6 is 0 Å². The largest absolute Gasteiger partial charge is 0.382 e. The summed E-state index contributed by atoms with van der Waals surface area (Å²) in [7, 11) is 0. The summed E-state index contributed by atoms with van der Waals surface area (Å²) in [4.78, 5) is 12.1. The van der Waals surface area contributed by atoms with E-state index in [2.05, 4.69) is 0 Å². The summed E-state index contributed by atoms with van der Waals surface area (Å²) in [5.74, 6) is -0.594. The highest BCUT2D eigenvalue weighted by Gasteiger charge is 2.39. The zero-order valence-electron chi connectivity index (χ0n) is 9.29. The maximum absolute atomic E-state index is 13.1. The van der Waals surface area contributed by atoms with Crippen LogP contribution in [0.15, 0.2) is 18.2 Å². The van der Waals surface area contributed by atoms with Gasteiger partial charge in [-0.05, 0) is 56.4 Å². The molecule has 16 heavy (non-hydrogen) atoms. The molecular weight excluding hydrogens is 207 g/mol. The molecule has 1 aromatic carbocycles. The van der Waals surface area contributed by atoms with Gasteiger partial charge in [-0.25, -0.2) is 4.39 Å². The molecule has 0 heterocycles. The Labute approximate surface area is 94.1 Å². The number of aliphatic hydroxyl groups is 1. The van der Waals surface area contributed by atoms with Gasteiger partial charge in [-0.2, -0.15) is 0 Å². The first-order valence-electron chi connectivity index (χ1n) is 5.56. The molecule has 3 heteroatoms. The first-order chi connectivity index (χ1) is 7.53. The Hall–Kier alpha value is -1.22. The van der Waals surface area contributed by atoms with Crippen LogP contribution in [0.1, 0.15) is 41.6 Å². The van der Waals surface area contributed by atoms with Gasteiger partial charge in [-0.3, -0.25) is 4.79 Å². The van der Waals surface area contributed by atoms with Crippen LogP contribution in [0.5, 0.6) is 0 Å². The van der Waals surface area contributed by atoms with Crippen molar-refractivity contribution < 1.29 is 14.3 Å². The van der Waals surface area contributed by atoms with Gasteiger partial charge in [0.05, 0.1) is 0 Å². The number of carbonyl (C=O) groups is 1. The van der Waals surface area contributed by atoms with E-state index >= 15 is 0 Å². The van der Waals surface area contributed by atoms with Crippen molar-refractivity contribution in [3.8, 4) is 0 Å². The molecule has 2 nitrogen and oxygen atoms in total. The van der Waals surface area contributed by atoms with E-state index in [9.17, 15) is 14.3 Å². The number of aryl methyl sites for hydroxylation is 1. The molecule has 1 aromatic rings. The van der Waals surface area contributed by atoms with E-state index in [4.69, 9.17) is 0 Å². The van der Waals surface area contributed by atoms with Crippen LogP contribution in [0.25, 0.3) is 0 Å². The second-order valence-corrected chi connectivity index (χ2v) is 4.53. The third-order valence-electron chi connectivity index (χ3n) is 3.27. The smallest absolute Gasteiger partial charge is 0.194 e. The topological polar surface area (TPSA) is 37.3 Å². The molecule has 0 bridgehead atoms. The number of ketones is 1. The molecule has 0 atom stereocenters. The van der Waals surface area contributed by atoms with Crippen LogP contribution in [0.2, 0.25) is 0 Å². The SMILES string of the molecule is Cc1cc(C(=O)C2(O)CCCC2)ccc1F. The Bertz CT molecular complexity index is 420. The number of carbonyl (C=O) groups excluding carboxylic acids is 1. The van der Waals surface area contributed by atoms with Crippen LogP contribution in [-0.4, -0.2) is 16.5 Å². The Balaban J connectivity index is 2.30. The van der Waals surface area contributed by atoms with Crippen LogP contribution in [0.4, 0.5) is 4.39 Å². The second kappa shape index (κ2) is 3.98. The molecule has 0 aromatic heterocycles. The number of hydrogen-bond donors (Lipinski definition) is 1. The molecule has 86 valence electrons. The summed E-state index contributed by atoms with van der Waals surface area (Å²) in [5, 5.41) is 10.1. The van der Waals surface area contributed by atoms with Crippen LogP contribution in [0, 0.1) is 12.7 Å². The van der Waals surface area contributed by atoms with Gasteiger partial charge < -0.3 is 5.11 Å². The molecule has 1 aliphatic carbocycles.